The van der Waals surface area contributed by atoms with Gasteiger partial charge < -0.3 is 19.0 Å². The fourth-order valence-electron chi connectivity index (χ4n) is 5.48. The Morgan fingerprint density at radius 2 is 1.86 bits per heavy atom. The number of ether oxygens (including phenoxy) is 1. The maximum absolute atomic E-state index is 14.0. The minimum Gasteiger partial charge on any atom is -0.496 e. The van der Waals surface area contributed by atoms with E-state index in [1.165, 1.54) is 12.1 Å². The van der Waals surface area contributed by atoms with Crippen LogP contribution in [0.5, 0.6) is 5.75 Å². The molecule has 1 unspecified atom stereocenters. The lowest BCUT2D eigenvalue weighted by Crippen LogP contribution is -2.59. The third kappa shape index (κ3) is 4.56. The first-order valence-electron chi connectivity index (χ1n) is 12.2. The van der Waals surface area contributed by atoms with Crippen LogP contribution in [0.1, 0.15) is 46.2 Å². The Balaban J connectivity index is 1.77. The summed E-state index contributed by atoms with van der Waals surface area (Å²) < 4.78 is 21.2. The highest BCUT2D eigenvalue weighted by atomic mass is 19.1. The molecule has 7 nitrogen and oxygen atoms in total. The molecular formula is C28H34FN5O2. The number of aromatic nitrogens is 2. The Labute approximate surface area is 211 Å². The number of piperazine rings is 1. The zero-order valence-electron chi connectivity index (χ0n) is 22.0. The molecule has 1 aliphatic rings. The highest BCUT2D eigenvalue weighted by Crippen LogP contribution is 2.44. The van der Waals surface area contributed by atoms with Crippen LogP contribution in [-0.4, -0.2) is 46.7 Å². The molecule has 1 aromatic carbocycles. The molecule has 2 aromatic heterocycles. The average molecular weight is 492 g/mol. The van der Waals surface area contributed by atoms with E-state index in [2.05, 4.69) is 54.2 Å². The van der Waals surface area contributed by atoms with E-state index < -0.39 is 0 Å². The highest BCUT2D eigenvalue weighted by Gasteiger charge is 2.41. The van der Waals surface area contributed by atoms with Crippen LogP contribution < -0.4 is 15.2 Å². The first-order chi connectivity index (χ1) is 17.0. The van der Waals surface area contributed by atoms with Gasteiger partial charge in [-0.15, -0.1) is 4.98 Å². The number of anilines is 1. The molecule has 1 aliphatic heterocycles. The van der Waals surface area contributed by atoms with Crippen LogP contribution in [0.4, 0.5) is 15.9 Å². The molecule has 190 valence electrons. The van der Waals surface area contributed by atoms with Gasteiger partial charge in [0.05, 0.1) is 18.3 Å². The lowest BCUT2D eigenvalue weighted by atomic mass is 9.79. The molecule has 4 rings (SSSR count). The Morgan fingerprint density at radius 1 is 1.14 bits per heavy atom. The van der Waals surface area contributed by atoms with Gasteiger partial charge in [0.15, 0.2) is 0 Å². The van der Waals surface area contributed by atoms with Crippen LogP contribution in [0.3, 0.4) is 0 Å². The minimum absolute atomic E-state index is 0.0140. The standard InChI is InChI=1S/C28H34FN5O2/c1-17-16-34(27(28(3,4)5)20-10-9-19(29)13-23(20)36-8)18(2)15-33(17)22-14-25(35)32(7)21-11-12-24(30-6)31-26(21)22/h9-14,17-18,27H,15-16H2,1-5,7-8H3/t17-,18+,27?/m0/s1. The predicted octanol–water partition coefficient (Wildman–Crippen LogP) is 5.32. The van der Waals surface area contributed by atoms with Gasteiger partial charge in [0.25, 0.3) is 11.4 Å². The number of aryl methyl sites for hydroxylation is 1. The largest absolute Gasteiger partial charge is 0.496 e. The van der Waals surface area contributed by atoms with E-state index in [1.54, 1.807) is 36.9 Å². The second kappa shape index (κ2) is 9.55. The normalized spacial score (nSPS) is 19.8. The van der Waals surface area contributed by atoms with E-state index >= 15 is 0 Å². The zero-order chi connectivity index (χ0) is 26.4. The zero-order valence-corrected chi connectivity index (χ0v) is 22.0. The molecule has 3 atom stereocenters. The Hall–Kier alpha value is -3.44. The fourth-order valence-corrected chi connectivity index (χ4v) is 5.48. The molecular weight excluding hydrogens is 457 g/mol. The van der Waals surface area contributed by atoms with Gasteiger partial charge in [0.2, 0.25) is 5.52 Å². The van der Waals surface area contributed by atoms with E-state index in [0.29, 0.717) is 29.1 Å². The molecule has 0 bridgehead atoms. The average Bonchev–Trinajstić information content (AvgIpc) is 2.83. The van der Waals surface area contributed by atoms with Crippen molar-refractivity contribution < 1.29 is 9.13 Å². The third-order valence-corrected chi connectivity index (χ3v) is 7.15. The summed E-state index contributed by atoms with van der Waals surface area (Å²) >= 11 is 0. The van der Waals surface area contributed by atoms with Crippen molar-refractivity contribution in [1.82, 2.24) is 14.5 Å². The molecule has 3 heterocycles. The molecule has 0 aliphatic carbocycles. The maximum Gasteiger partial charge on any atom is 0.270 e. The van der Waals surface area contributed by atoms with Gasteiger partial charge >= 0.3 is 0 Å². The number of rotatable bonds is 4. The molecule has 3 aromatic rings. The van der Waals surface area contributed by atoms with Crippen LogP contribution in [0.2, 0.25) is 0 Å². The van der Waals surface area contributed by atoms with Crippen LogP contribution in [-0.2, 0) is 7.05 Å². The van der Waals surface area contributed by atoms with Crippen molar-refractivity contribution >= 4 is 22.5 Å². The number of hydrogen-bond donors (Lipinski definition) is 0. The van der Waals surface area contributed by atoms with Crippen molar-refractivity contribution in [2.75, 3.05) is 25.1 Å². The van der Waals surface area contributed by atoms with Gasteiger partial charge in [-0.05, 0) is 37.5 Å². The Morgan fingerprint density at radius 3 is 2.50 bits per heavy atom. The van der Waals surface area contributed by atoms with Crippen molar-refractivity contribution in [3.8, 4) is 5.75 Å². The lowest BCUT2D eigenvalue weighted by molar-refractivity contribution is 0.0422. The number of hydrogen-bond acceptors (Lipinski definition) is 5. The third-order valence-electron chi connectivity index (χ3n) is 7.15. The summed E-state index contributed by atoms with van der Waals surface area (Å²) in [5.74, 6) is 0.530. The van der Waals surface area contributed by atoms with Gasteiger partial charge in [-0.25, -0.2) is 4.39 Å². The van der Waals surface area contributed by atoms with Gasteiger partial charge in [-0.2, -0.15) is 0 Å². The summed E-state index contributed by atoms with van der Waals surface area (Å²) in [4.78, 5) is 25.6. The second-order valence-electron chi connectivity index (χ2n) is 10.8. The monoisotopic (exact) mass is 491 g/mol. The molecule has 0 spiro atoms. The lowest BCUT2D eigenvalue weighted by Gasteiger charge is -2.51. The predicted molar refractivity (Wildman–Crippen MR) is 141 cm³/mol. The topological polar surface area (TPSA) is 55.0 Å². The van der Waals surface area contributed by atoms with E-state index in [0.717, 1.165) is 17.8 Å². The van der Waals surface area contributed by atoms with Crippen LogP contribution in [0, 0.1) is 17.8 Å². The van der Waals surface area contributed by atoms with Gasteiger partial charge in [0, 0.05) is 56.0 Å². The molecule has 1 saturated heterocycles. The summed E-state index contributed by atoms with van der Waals surface area (Å²) in [6.45, 7) is 19.7. The number of methoxy groups -OCH3 is 1. The van der Waals surface area contributed by atoms with E-state index in [-0.39, 0.29) is 34.9 Å². The molecule has 1 fully saturated rings. The number of benzene rings is 1. The van der Waals surface area contributed by atoms with Crippen LogP contribution in [0.15, 0.2) is 41.2 Å². The van der Waals surface area contributed by atoms with E-state index in [4.69, 9.17) is 11.3 Å². The van der Waals surface area contributed by atoms with Crippen LogP contribution in [0.25, 0.3) is 15.9 Å². The van der Waals surface area contributed by atoms with Crippen molar-refractivity contribution in [3.05, 3.63) is 69.5 Å². The number of pyridine rings is 2. The molecule has 8 heteroatoms. The maximum atomic E-state index is 14.0. The van der Waals surface area contributed by atoms with Gasteiger partial charge in [0.1, 0.15) is 11.6 Å². The number of halogens is 1. The highest BCUT2D eigenvalue weighted by molar-refractivity contribution is 5.89. The smallest absolute Gasteiger partial charge is 0.270 e. The quantitative estimate of drug-likeness (QED) is 0.463. The SMILES string of the molecule is [C-]#[N+]c1ccc2c(n1)c(N1C[C@@H](C)N(C(c3ccc(F)cc3OC)C(C)(C)C)C[C@@H]1C)cc(=O)n2C. The summed E-state index contributed by atoms with van der Waals surface area (Å²) in [6, 6.07) is 10.0. The molecule has 0 amide bonds. The Bertz CT molecular complexity index is 1390. The molecule has 0 saturated carbocycles. The first kappa shape index (κ1) is 25.6. The molecule has 0 N–H and O–H groups in total. The fraction of sp³-hybridized carbons (Fsp3) is 0.464. The van der Waals surface area contributed by atoms with Crippen LogP contribution >= 0.6 is 0 Å². The van der Waals surface area contributed by atoms with Gasteiger partial charge in [-0.3, -0.25) is 9.69 Å². The number of nitrogens with zero attached hydrogens (tertiary/aromatic N) is 5. The molecule has 0 radical (unpaired) electrons. The van der Waals surface area contributed by atoms with Crippen molar-refractivity contribution in [3.63, 3.8) is 0 Å². The Kier molecular flexibility index (Phi) is 6.80. The van der Waals surface area contributed by atoms with E-state index in [9.17, 15) is 9.18 Å². The van der Waals surface area contributed by atoms with Crippen molar-refractivity contribution in [1.29, 1.82) is 0 Å². The van der Waals surface area contributed by atoms with Gasteiger partial charge in [-0.1, -0.05) is 33.4 Å². The minimum atomic E-state index is -0.321. The summed E-state index contributed by atoms with van der Waals surface area (Å²) in [7, 11) is 3.30. The van der Waals surface area contributed by atoms with E-state index in [1.807, 2.05) is 6.07 Å². The number of fused-ring (bicyclic) bond motifs is 1. The second-order valence-corrected chi connectivity index (χ2v) is 10.8. The summed E-state index contributed by atoms with van der Waals surface area (Å²) in [5, 5.41) is 0. The first-order valence-corrected chi connectivity index (χ1v) is 12.2. The van der Waals surface area contributed by atoms with Crippen molar-refractivity contribution in [2.24, 2.45) is 12.5 Å². The summed E-state index contributed by atoms with van der Waals surface area (Å²) in [6.07, 6.45) is 0. The summed E-state index contributed by atoms with van der Waals surface area (Å²) in [5.41, 5.74) is 2.82. The molecule has 36 heavy (non-hydrogen) atoms. The van der Waals surface area contributed by atoms with Crippen molar-refractivity contribution in [2.45, 2.75) is 52.7 Å².